The number of nitro groups is 1. The fraction of sp³-hybridized carbons (Fsp3) is 0.500. The molecule has 0 aliphatic carbocycles. The van der Waals surface area contributed by atoms with Crippen molar-refractivity contribution in [1.29, 1.82) is 0 Å². The number of aryl methyl sites for hydroxylation is 1. The van der Waals surface area contributed by atoms with Crippen LogP contribution < -0.4 is 5.32 Å². The Labute approximate surface area is 116 Å². The molecule has 8 nitrogen and oxygen atoms in total. The van der Waals surface area contributed by atoms with Gasteiger partial charge in [0.2, 0.25) is 5.91 Å². The Bertz CT molecular complexity index is 531. The first-order chi connectivity index (χ1) is 9.56. The second-order valence-corrected chi connectivity index (χ2v) is 4.70. The third kappa shape index (κ3) is 3.64. The Kier molecular flexibility index (Phi) is 4.46. The molecular formula is C12H17N5O3. The molecule has 0 bridgehead atoms. The highest BCUT2D eigenvalue weighted by Gasteiger charge is 2.17. The Balaban J connectivity index is 1.91. The first kappa shape index (κ1) is 14.2. The third-order valence-electron chi connectivity index (χ3n) is 3.10. The lowest BCUT2D eigenvalue weighted by Crippen LogP contribution is -2.34. The van der Waals surface area contributed by atoms with Crippen molar-refractivity contribution >= 4 is 17.8 Å². The molecule has 0 spiro atoms. The minimum Gasteiger partial charge on any atom is -0.358 e. The van der Waals surface area contributed by atoms with Crippen LogP contribution in [0.25, 0.3) is 6.08 Å². The van der Waals surface area contributed by atoms with Crippen molar-refractivity contribution in [2.45, 2.75) is 12.8 Å². The standard InChI is InChI=1S/C12H17N5O3/c1-15-8-10(12(14-15)17(19)20)4-5-11(18)13-9-16-6-2-3-7-16/h4-5,8H,2-3,6-7,9H2,1H3,(H,13,18)/b5-4+. The van der Waals surface area contributed by atoms with Crippen LogP contribution in [0.3, 0.4) is 0 Å². The van der Waals surface area contributed by atoms with E-state index in [0.717, 1.165) is 25.9 Å². The van der Waals surface area contributed by atoms with E-state index in [0.29, 0.717) is 12.2 Å². The topological polar surface area (TPSA) is 93.3 Å². The number of rotatable bonds is 5. The van der Waals surface area contributed by atoms with Crippen LogP contribution >= 0.6 is 0 Å². The zero-order valence-electron chi connectivity index (χ0n) is 11.3. The molecule has 1 saturated heterocycles. The maximum atomic E-state index is 11.6. The quantitative estimate of drug-likeness (QED) is 0.481. The second kappa shape index (κ2) is 6.29. The van der Waals surface area contributed by atoms with Gasteiger partial charge in [-0.05, 0) is 36.9 Å². The van der Waals surface area contributed by atoms with E-state index in [1.807, 2.05) is 0 Å². The predicted octanol–water partition coefficient (Wildman–Crippen LogP) is 0.511. The molecule has 2 heterocycles. The summed E-state index contributed by atoms with van der Waals surface area (Å²) in [5.74, 6) is -0.522. The maximum absolute atomic E-state index is 11.6. The molecule has 0 atom stereocenters. The zero-order chi connectivity index (χ0) is 14.5. The number of carbonyl (C=O) groups excluding carboxylic acids is 1. The minimum absolute atomic E-state index is 0.254. The summed E-state index contributed by atoms with van der Waals surface area (Å²) >= 11 is 0. The molecule has 1 fully saturated rings. The highest BCUT2D eigenvalue weighted by molar-refractivity contribution is 5.92. The monoisotopic (exact) mass is 279 g/mol. The van der Waals surface area contributed by atoms with Crippen molar-refractivity contribution in [3.63, 3.8) is 0 Å². The maximum Gasteiger partial charge on any atom is 0.397 e. The molecule has 108 valence electrons. The van der Waals surface area contributed by atoms with E-state index in [1.165, 1.54) is 23.0 Å². The average Bonchev–Trinajstić information content (AvgIpc) is 3.03. The number of amides is 1. The van der Waals surface area contributed by atoms with Crippen LogP contribution in [0.5, 0.6) is 0 Å². The number of hydrogen-bond acceptors (Lipinski definition) is 5. The summed E-state index contributed by atoms with van der Waals surface area (Å²) in [4.78, 5) is 24.0. The van der Waals surface area contributed by atoms with Gasteiger partial charge in [-0.1, -0.05) is 0 Å². The lowest BCUT2D eigenvalue weighted by atomic mass is 10.3. The van der Waals surface area contributed by atoms with Crippen LogP contribution in [-0.2, 0) is 11.8 Å². The normalized spacial score (nSPS) is 15.8. The lowest BCUT2D eigenvalue weighted by Gasteiger charge is -2.14. The predicted molar refractivity (Wildman–Crippen MR) is 72.7 cm³/mol. The Morgan fingerprint density at radius 1 is 1.55 bits per heavy atom. The molecule has 1 amide bonds. The van der Waals surface area contributed by atoms with Crippen molar-refractivity contribution in [2.75, 3.05) is 19.8 Å². The largest absolute Gasteiger partial charge is 0.397 e. The summed E-state index contributed by atoms with van der Waals surface area (Å²) in [5.41, 5.74) is 0.314. The summed E-state index contributed by atoms with van der Waals surface area (Å²) < 4.78 is 1.35. The smallest absolute Gasteiger partial charge is 0.358 e. The summed E-state index contributed by atoms with van der Waals surface area (Å²) in [5, 5.41) is 17.2. The van der Waals surface area contributed by atoms with Crippen LogP contribution in [-0.4, -0.2) is 45.3 Å². The van der Waals surface area contributed by atoms with E-state index in [4.69, 9.17) is 0 Å². The number of likely N-dealkylation sites (tertiary alicyclic amines) is 1. The van der Waals surface area contributed by atoms with Gasteiger partial charge in [-0.2, -0.15) is 4.68 Å². The Hall–Kier alpha value is -2.22. The van der Waals surface area contributed by atoms with Crippen LogP contribution in [0.2, 0.25) is 0 Å². The molecule has 1 aromatic rings. The SMILES string of the molecule is Cn1cc(/C=C/C(=O)NCN2CCCC2)c([N+](=O)[O-])n1. The van der Waals surface area contributed by atoms with Crippen molar-refractivity contribution in [1.82, 2.24) is 20.0 Å². The summed E-state index contributed by atoms with van der Waals surface area (Å²) in [7, 11) is 1.60. The van der Waals surface area contributed by atoms with Gasteiger partial charge >= 0.3 is 5.82 Å². The van der Waals surface area contributed by atoms with Gasteiger partial charge in [0.05, 0.1) is 30.6 Å². The van der Waals surface area contributed by atoms with E-state index in [-0.39, 0.29) is 11.7 Å². The minimum atomic E-state index is -0.568. The number of nitrogens with zero attached hydrogens (tertiary/aromatic N) is 4. The molecule has 0 saturated carbocycles. The van der Waals surface area contributed by atoms with Crippen molar-refractivity contribution < 1.29 is 9.72 Å². The fourth-order valence-electron chi connectivity index (χ4n) is 2.11. The van der Waals surface area contributed by atoms with E-state index in [9.17, 15) is 14.9 Å². The molecule has 2 rings (SSSR count). The van der Waals surface area contributed by atoms with Crippen LogP contribution in [0.1, 0.15) is 18.4 Å². The van der Waals surface area contributed by atoms with Crippen LogP contribution in [0.15, 0.2) is 12.3 Å². The highest BCUT2D eigenvalue weighted by Crippen LogP contribution is 2.16. The van der Waals surface area contributed by atoms with Gasteiger partial charge in [0.1, 0.15) is 0 Å². The first-order valence-electron chi connectivity index (χ1n) is 6.42. The van der Waals surface area contributed by atoms with Gasteiger partial charge < -0.3 is 15.4 Å². The molecular weight excluding hydrogens is 262 g/mol. The molecule has 1 aromatic heterocycles. The summed E-state index contributed by atoms with van der Waals surface area (Å²) in [6.45, 7) is 2.51. The van der Waals surface area contributed by atoms with Crippen LogP contribution in [0, 0.1) is 10.1 Å². The number of carbonyl (C=O) groups is 1. The number of nitrogens with one attached hydrogen (secondary N) is 1. The Morgan fingerprint density at radius 3 is 2.90 bits per heavy atom. The number of aromatic nitrogens is 2. The molecule has 1 aliphatic heterocycles. The van der Waals surface area contributed by atoms with Crippen molar-refractivity contribution in [3.8, 4) is 0 Å². The molecule has 1 N–H and O–H groups in total. The second-order valence-electron chi connectivity index (χ2n) is 4.70. The summed E-state index contributed by atoms with van der Waals surface area (Å²) in [6.07, 6.45) is 6.52. The van der Waals surface area contributed by atoms with Gasteiger partial charge in [-0.15, -0.1) is 0 Å². The zero-order valence-corrected chi connectivity index (χ0v) is 11.3. The summed E-state index contributed by atoms with van der Waals surface area (Å²) in [6, 6.07) is 0. The van der Waals surface area contributed by atoms with Gasteiger partial charge in [-0.25, -0.2) is 0 Å². The molecule has 8 heteroatoms. The van der Waals surface area contributed by atoms with Crippen molar-refractivity contribution in [3.05, 3.63) is 28.0 Å². The van der Waals surface area contributed by atoms with Crippen LogP contribution in [0.4, 0.5) is 5.82 Å². The van der Waals surface area contributed by atoms with Crippen molar-refractivity contribution in [2.24, 2.45) is 7.05 Å². The van der Waals surface area contributed by atoms with E-state index < -0.39 is 4.92 Å². The fourth-order valence-corrected chi connectivity index (χ4v) is 2.11. The van der Waals surface area contributed by atoms with Gasteiger partial charge in [0.15, 0.2) is 0 Å². The Morgan fingerprint density at radius 2 is 2.25 bits per heavy atom. The molecule has 0 aromatic carbocycles. The average molecular weight is 279 g/mol. The molecule has 20 heavy (non-hydrogen) atoms. The highest BCUT2D eigenvalue weighted by atomic mass is 16.6. The lowest BCUT2D eigenvalue weighted by molar-refractivity contribution is -0.390. The van der Waals surface area contributed by atoms with E-state index >= 15 is 0 Å². The van der Waals surface area contributed by atoms with E-state index in [2.05, 4.69) is 15.3 Å². The van der Waals surface area contributed by atoms with E-state index in [1.54, 1.807) is 7.05 Å². The number of hydrogen-bond donors (Lipinski definition) is 1. The molecule has 0 radical (unpaired) electrons. The van der Waals surface area contributed by atoms with Gasteiger partial charge in [0.25, 0.3) is 0 Å². The molecule has 0 unspecified atom stereocenters. The molecule has 1 aliphatic rings. The van der Waals surface area contributed by atoms with Gasteiger partial charge in [-0.3, -0.25) is 9.69 Å². The van der Waals surface area contributed by atoms with Gasteiger partial charge in [0, 0.05) is 6.08 Å². The first-order valence-corrected chi connectivity index (χ1v) is 6.42. The third-order valence-corrected chi connectivity index (χ3v) is 3.10.